The van der Waals surface area contributed by atoms with E-state index in [1.54, 1.807) is 0 Å². The number of likely N-dealkylation sites (tertiary alicyclic amines) is 1. The Labute approximate surface area is 168 Å². The summed E-state index contributed by atoms with van der Waals surface area (Å²) in [5.41, 5.74) is 4.56. The molecule has 3 aliphatic heterocycles. The molecule has 1 spiro atoms. The van der Waals surface area contributed by atoms with Gasteiger partial charge in [0.2, 0.25) is 5.72 Å². The third kappa shape index (κ3) is 2.88. The van der Waals surface area contributed by atoms with Crippen molar-refractivity contribution in [3.05, 3.63) is 63.6 Å². The summed E-state index contributed by atoms with van der Waals surface area (Å²) >= 11 is 3.63. The maximum atomic E-state index is 6.65. The molecule has 0 amide bonds. The van der Waals surface area contributed by atoms with E-state index in [1.165, 1.54) is 16.7 Å². The Balaban J connectivity index is 1.58. The van der Waals surface area contributed by atoms with Crippen molar-refractivity contribution < 1.29 is 4.74 Å². The summed E-state index contributed by atoms with van der Waals surface area (Å²) in [5.74, 6) is 1.02. The first-order chi connectivity index (χ1) is 13.0. The minimum Gasteiger partial charge on any atom is -0.466 e. The van der Waals surface area contributed by atoms with Crippen LogP contribution in [0.25, 0.3) is 0 Å². The van der Waals surface area contributed by atoms with Crippen LogP contribution < -0.4 is 4.74 Å². The zero-order valence-electron chi connectivity index (χ0n) is 15.8. The van der Waals surface area contributed by atoms with Crippen LogP contribution in [-0.2, 0) is 0 Å². The van der Waals surface area contributed by atoms with Gasteiger partial charge in [0.1, 0.15) is 5.75 Å². The van der Waals surface area contributed by atoms with Crippen molar-refractivity contribution in [3.8, 4) is 5.75 Å². The standard InChI is InChI=1S/C22H24BrN3O/c1-15-3-5-16(6-4-15)19-14-20-18-13-17(23)7-8-21(18)27-22(26(20)24-19)9-11-25(2)12-10-22/h3-8,13,20H,9-12,14H2,1-2H3/t20-/m1/s1. The highest BCUT2D eigenvalue weighted by atomic mass is 79.9. The first-order valence-electron chi connectivity index (χ1n) is 9.65. The normalized spacial score (nSPS) is 23.6. The lowest BCUT2D eigenvalue weighted by molar-refractivity contribution is -0.147. The van der Waals surface area contributed by atoms with Crippen LogP contribution in [0, 0.1) is 6.92 Å². The minimum atomic E-state index is -0.329. The summed E-state index contributed by atoms with van der Waals surface area (Å²) in [7, 11) is 2.18. The molecule has 1 saturated heterocycles. The Morgan fingerprint density at radius 1 is 1.11 bits per heavy atom. The highest BCUT2D eigenvalue weighted by molar-refractivity contribution is 9.10. The van der Waals surface area contributed by atoms with Gasteiger partial charge in [-0.1, -0.05) is 45.8 Å². The number of rotatable bonds is 1. The van der Waals surface area contributed by atoms with Gasteiger partial charge in [0.25, 0.3) is 0 Å². The molecular formula is C22H24BrN3O. The topological polar surface area (TPSA) is 28.1 Å². The molecule has 3 heterocycles. The Morgan fingerprint density at radius 3 is 2.59 bits per heavy atom. The molecule has 4 nitrogen and oxygen atoms in total. The van der Waals surface area contributed by atoms with Crippen molar-refractivity contribution in [2.75, 3.05) is 20.1 Å². The van der Waals surface area contributed by atoms with Gasteiger partial charge in [-0.15, -0.1) is 0 Å². The van der Waals surface area contributed by atoms with Crippen molar-refractivity contribution in [3.63, 3.8) is 0 Å². The van der Waals surface area contributed by atoms with Gasteiger partial charge in [0.05, 0.1) is 11.8 Å². The van der Waals surface area contributed by atoms with Crippen molar-refractivity contribution in [1.82, 2.24) is 9.91 Å². The number of ether oxygens (including phenoxy) is 1. The fourth-order valence-corrected chi connectivity index (χ4v) is 4.85. The zero-order chi connectivity index (χ0) is 18.6. The third-order valence-electron chi connectivity index (χ3n) is 6.11. The summed E-state index contributed by atoms with van der Waals surface area (Å²) in [6, 6.07) is 15.3. The van der Waals surface area contributed by atoms with E-state index in [1.807, 2.05) is 0 Å². The maximum absolute atomic E-state index is 6.65. The second-order valence-electron chi connectivity index (χ2n) is 8.01. The summed E-state index contributed by atoms with van der Waals surface area (Å²) < 4.78 is 7.74. The van der Waals surface area contributed by atoms with Gasteiger partial charge in [-0.3, -0.25) is 0 Å². The molecule has 1 atom stereocenters. The SMILES string of the molecule is Cc1ccc(C2=NN3[C@H](C2)c2cc(Br)ccc2OC32CCN(C)CC2)cc1. The molecule has 2 aromatic rings. The molecule has 0 bridgehead atoms. The number of benzene rings is 2. The molecule has 27 heavy (non-hydrogen) atoms. The van der Waals surface area contributed by atoms with Crippen LogP contribution >= 0.6 is 15.9 Å². The predicted octanol–water partition coefficient (Wildman–Crippen LogP) is 4.72. The van der Waals surface area contributed by atoms with E-state index in [2.05, 4.69) is 82.3 Å². The quantitative estimate of drug-likeness (QED) is 0.661. The van der Waals surface area contributed by atoms with E-state index >= 15 is 0 Å². The lowest BCUT2D eigenvalue weighted by atomic mass is 9.91. The minimum absolute atomic E-state index is 0.242. The first kappa shape index (κ1) is 17.3. The zero-order valence-corrected chi connectivity index (χ0v) is 17.4. The molecule has 5 rings (SSSR count). The number of fused-ring (bicyclic) bond motifs is 4. The van der Waals surface area contributed by atoms with Gasteiger partial charge in [-0.2, -0.15) is 5.10 Å². The number of piperidine rings is 1. The molecule has 3 aliphatic rings. The summed E-state index contributed by atoms with van der Waals surface area (Å²) in [6.45, 7) is 4.19. The Kier molecular flexibility index (Phi) is 4.06. The van der Waals surface area contributed by atoms with E-state index in [9.17, 15) is 0 Å². The lowest BCUT2D eigenvalue weighted by Gasteiger charge is -2.50. The molecule has 2 aromatic carbocycles. The Hall–Kier alpha value is -1.85. The van der Waals surface area contributed by atoms with Crippen molar-refractivity contribution in [2.24, 2.45) is 5.10 Å². The highest BCUT2D eigenvalue weighted by Gasteiger charge is 2.51. The molecule has 140 valence electrons. The summed E-state index contributed by atoms with van der Waals surface area (Å²) in [4.78, 5) is 2.38. The average molecular weight is 426 g/mol. The second kappa shape index (κ2) is 6.35. The van der Waals surface area contributed by atoms with Crippen molar-refractivity contribution in [1.29, 1.82) is 0 Å². The average Bonchev–Trinajstić information content (AvgIpc) is 3.12. The summed E-state index contributed by atoms with van der Waals surface area (Å²) in [5, 5.41) is 7.41. The third-order valence-corrected chi connectivity index (χ3v) is 6.61. The van der Waals surface area contributed by atoms with Crippen LogP contribution in [0.5, 0.6) is 5.75 Å². The molecule has 5 heteroatoms. The molecule has 0 aliphatic carbocycles. The van der Waals surface area contributed by atoms with Crippen LogP contribution in [0.15, 0.2) is 52.0 Å². The second-order valence-corrected chi connectivity index (χ2v) is 8.93. The van der Waals surface area contributed by atoms with Crippen molar-refractivity contribution in [2.45, 2.75) is 38.0 Å². The van der Waals surface area contributed by atoms with E-state index in [0.717, 1.165) is 48.3 Å². The smallest absolute Gasteiger partial charge is 0.200 e. The van der Waals surface area contributed by atoms with Crippen LogP contribution in [0.2, 0.25) is 0 Å². The van der Waals surface area contributed by atoms with E-state index < -0.39 is 0 Å². The van der Waals surface area contributed by atoms with Crippen LogP contribution in [0.1, 0.15) is 42.0 Å². The highest BCUT2D eigenvalue weighted by Crippen LogP contribution is 2.50. The monoisotopic (exact) mass is 425 g/mol. The van der Waals surface area contributed by atoms with Gasteiger partial charge < -0.3 is 9.64 Å². The van der Waals surface area contributed by atoms with Crippen LogP contribution in [0.3, 0.4) is 0 Å². The van der Waals surface area contributed by atoms with Gasteiger partial charge in [-0.05, 0) is 37.7 Å². The van der Waals surface area contributed by atoms with Gasteiger partial charge in [0.15, 0.2) is 0 Å². The van der Waals surface area contributed by atoms with Gasteiger partial charge in [-0.25, -0.2) is 5.01 Å². The number of hydrazone groups is 1. The van der Waals surface area contributed by atoms with Crippen LogP contribution in [0.4, 0.5) is 0 Å². The molecular weight excluding hydrogens is 402 g/mol. The fraction of sp³-hybridized carbons (Fsp3) is 0.409. The van der Waals surface area contributed by atoms with Crippen LogP contribution in [-0.4, -0.2) is 41.5 Å². The fourth-order valence-electron chi connectivity index (χ4n) is 4.47. The number of hydrogen-bond donors (Lipinski definition) is 0. The van der Waals surface area contributed by atoms with E-state index in [0.29, 0.717) is 0 Å². The van der Waals surface area contributed by atoms with Gasteiger partial charge >= 0.3 is 0 Å². The van der Waals surface area contributed by atoms with Crippen molar-refractivity contribution >= 4 is 21.6 Å². The molecule has 0 unspecified atom stereocenters. The molecule has 1 fully saturated rings. The molecule has 0 N–H and O–H groups in total. The molecule has 0 radical (unpaired) electrons. The Bertz CT molecular complexity index is 900. The molecule has 0 saturated carbocycles. The van der Waals surface area contributed by atoms with E-state index in [-0.39, 0.29) is 11.8 Å². The summed E-state index contributed by atoms with van der Waals surface area (Å²) in [6.07, 6.45) is 2.87. The number of aryl methyl sites for hydroxylation is 1. The van der Waals surface area contributed by atoms with Gasteiger partial charge in [0, 0.05) is 42.4 Å². The largest absolute Gasteiger partial charge is 0.466 e. The Morgan fingerprint density at radius 2 is 1.85 bits per heavy atom. The maximum Gasteiger partial charge on any atom is 0.200 e. The number of hydrogen-bond acceptors (Lipinski definition) is 4. The first-order valence-corrected chi connectivity index (χ1v) is 10.4. The lowest BCUT2D eigenvalue weighted by Crippen LogP contribution is -2.58. The van der Waals surface area contributed by atoms with E-state index in [4.69, 9.17) is 9.84 Å². The number of halogens is 1. The predicted molar refractivity (Wildman–Crippen MR) is 111 cm³/mol. The number of nitrogens with zero attached hydrogens (tertiary/aromatic N) is 3. The molecule has 0 aromatic heterocycles.